The van der Waals surface area contributed by atoms with Gasteiger partial charge in [-0.15, -0.1) is 0 Å². The van der Waals surface area contributed by atoms with E-state index in [-0.39, 0.29) is 28.7 Å². The second-order valence-corrected chi connectivity index (χ2v) is 7.53. The standard InChI is InChI=1S/C25H19ClFN3O5/c1-2-34-24-12-17(5-10-23(24)35-15-16-3-7-20(27)8-4-16)11-18(14-28)25(31)29-21-9-6-19(26)13-22(21)30(32)33/h3-13H,2,15H2,1H3,(H,29,31)/b18-11+. The Balaban J connectivity index is 1.81. The van der Waals surface area contributed by atoms with E-state index in [9.17, 15) is 24.6 Å². The number of carbonyl (C=O) groups excluding carboxylic acids is 1. The summed E-state index contributed by atoms with van der Waals surface area (Å²) in [6, 6.07) is 16.3. The molecule has 3 aromatic rings. The highest BCUT2D eigenvalue weighted by Crippen LogP contribution is 2.31. The van der Waals surface area contributed by atoms with Gasteiger partial charge in [-0.25, -0.2) is 4.39 Å². The van der Waals surface area contributed by atoms with Crippen LogP contribution in [0.1, 0.15) is 18.1 Å². The molecule has 178 valence electrons. The highest BCUT2D eigenvalue weighted by molar-refractivity contribution is 6.31. The normalized spacial score (nSPS) is 10.9. The van der Waals surface area contributed by atoms with Crippen molar-refractivity contribution in [2.45, 2.75) is 13.5 Å². The molecule has 0 fully saturated rings. The number of rotatable bonds is 9. The minimum atomic E-state index is -0.826. The van der Waals surface area contributed by atoms with Crippen molar-refractivity contribution in [3.8, 4) is 17.6 Å². The Bertz CT molecular complexity index is 1320. The van der Waals surface area contributed by atoms with Gasteiger partial charge in [0.2, 0.25) is 0 Å². The number of nitrogens with zero attached hydrogens (tertiary/aromatic N) is 2. The van der Waals surface area contributed by atoms with Gasteiger partial charge in [-0.1, -0.05) is 29.8 Å². The maximum atomic E-state index is 13.1. The second kappa shape index (κ2) is 11.6. The van der Waals surface area contributed by atoms with Gasteiger partial charge in [0.15, 0.2) is 11.5 Å². The van der Waals surface area contributed by atoms with E-state index >= 15 is 0 Å². The van der Waals surface area contributed by atoms with Crippen molar-refractivity contribution in [2.24, 2.45) is 0 Å². The lowest BCUT2D eigenvalue weighted by Gasteiger charge is -2.13. The molecule has 0 unspecified atom stereocenters. The zero-order valence-corrected chi connectivity index (χ0v) is 19.2. The molecule has 0 saturated carbocycles. The van der Waals surface area contributed by atoms with Crippen LogP contribution in [-0.4, -0.2) is 17.4 Å². The molecule has 1 amide bonds. The van der Waals surface area contributed by atoms with E-state index in [1.807, 2.05) is 0 Å². The summed E-state index contributed by atoms with van der Waals surface area (Å²) in [5.41, 5.74) is 0.462. The first-order valence-corrected chi connectivity index (χ1v) is 10.7. The molecule has 35 heavy (non-hydrogen) atoms. The third-order valence-corrected chi connectivity index (χ3v) is 4.89. The molecule has 10 heteroatoms. The molecule has 8 nitrogen and oxygen atoms in total. The minimum Gasteiger partial charge on any atom is -0.490 e. The summed E-state index contributed by atoms with van der Waals surface area (Å²) in [6.07, 6.45) is 1.32. The van der Waals surface area contributed by atoms with Gasteiger partial charge in [0.05, 0.1) is 11.5 Å². The Labute approximate surface area is 205 Å². The van der Waals surface area contributed by atoms with Gasteiger partial charge in [0, 0.05) is 11.1 Å². The maximum Gasteiger partial charge on any atom is 0.294 e. The summed E-state index contributed by atoms with van der Waals surface area (Å²) < 4.78 is 24.5. The predicted octanol–water partition coefficient (Wildman–Crippen LogP) is 5.91. The summed E-state index contributed by atoms with van der Waals surface area (Å²) in [5, 5.41) is 23.3. The van der Waals surface area contributed by atoms with Crippen molar-refractivity contribution in [1.82, 2.24) is 0 Å². The van der Waals surface area contributed by atoms with Gasteiger partial charge in [0.25, 0.3) is 11.6 Å². The highest BCUT2D eigenvalue weighted by Gasteiger charge is 2.19. The van der Waals surface area contributed by atoms with Crippen LogP contribution in [0.2, 0.25) is 5.02 Å². The van der Waals surface area contributed by atoms with E-state index in [2.05, 4.69) is 5.32 Å². The van der Waals surface area contributed by atoms with Crippen molar-refractivity contribution >= 4 is 35.0 Å². The summed E-state index contributed by atoms with van der Waals surface area (Å²) >= 11 is 5.79. The van der Waals surface area contributed by atoms with E-state index in [4.69, 9.17) is 21.1 Å². The zero-order valence-electron chi connectivity index (χ0n) is 18.5. The average Bonchev–Trinajstić information content (AvgIpc) is 2.84. The Morgan fingerprint density at radius 3 is 2.54 bits per heavy atom. The summed E-state index contributed by atoms with van der Waals surface area (Å²) in [5.74, 6) is -0.363. The van der Waals surface area contributed by atoms with Crippen molar-refractivity contribution in [1.29, 1.82) is 5.26 Å². The molecule has 0 aromatic heterocycles. The number of nitro benzene ring substituents is 1. The predicted molar refractivity (Wildman–Crippen MR) is 129 cm³/mol. The number of halogens is 2. The largest absolute Gasteiger partial charge is 0.490 e. The molecule has 0 saturated heterocycles. The van der Waals surface area contributed by atoms with Crippen LogP contribution < -0.4 is 14.8 Å². The molecular weight excluding hydrogens is 477 g/mol. The fourth-order valence-corrected chi connectivity index (χ4v) is 3.18. The summed E-state index contributed by atoms with van der Waals surface area (Å²) in [6.45, 7) is 2.31. The molecule has 0 atom stereocenters. The van der Waals surface area contributed by atoms with E-state index in [1.54, 1.807) is 43.3 Å². The number of nitro groups is 1. The first-order chi connectivity index (χ1) is 16.8. The van der Waals surface area contributed by atoms with Crippen LogP contribution in [0.3, 0.4) is 0 Å². The van der Waals surface area contributed by atoms with Crippen molar-refractivity contribution in [3.63, 3.8) is 0 Å². The lowest BCUT2D eigenvalue weighted by Crippen LogP contribution is -2.14. The molecule has 0 aliphatic rings. The lowest BCUT2D eigenvalue weighted by atomic mass is 10.1. The molecule has 0 bridgehead atoms. The molecule has 0 radical (unpaired) electrons. The van der Waals surface area contributed by atoms with E-state index in [1.165, 1.54) is 30.3 Å². The summed E-state index contributed by atoms with van der Waals surface area (Å²) in [7, 11) is 0. The Kier molecular flexibility index (Phi) is 8.38. The number of nitrogens with one attached hydrogen (secondary N) is 1. The van der Waals surface area contributed by atoms with Gasteiger partial charge >= 0.3 is 0 Å². The highest BCUT2D eigenvalue weighted by atomic mass is 35.5. The monoisotopic (exact) mass is 495 g/mol. The fraction of sp³-hybridized carbons (Fsp3) is 0.120. The quantitative estimate of drug-likeness (QED) is 0.171. The average molecular weight is 496 g/mol. The smallest absolute Gasteiger partial charge is 0.294 e. The Morgan fingerprint density at radius 1 is 1.14 bits per heavy atom. The van der Waals surface area contributed by atoms with Crippen LogP contribution in [0, 0.1) is 27.3 Å². The third-order valence-electron chi connectivity index (χ3n) is 4.66. The Morgan fingerprint density at radius 2 is 1.89 bits per heavy atom. The Hall–Kier alpha value is -4.42. The molecular formula is C25H19ClFN3O5. The van der Waals surface area contributed by atoms with Gasteiger partial charge < -0.3 is 14.8 Å². The first kappa shape index (κ1) is 25.2. The second-order valence-electron chi connectivity index (χ2n) is 7.10. The van der Waals surface area contributed by atoms with Gasteiger partial charge in [-0.2, -0.15) is 5.26 Å². The molecule has 0 aliphatic heterocycles. The third kappa shape index (κ3) is 6.79. The van der Waals surface area contributed by atoms with Crippen molar-refractivity contribution in [3.05, 3.63) is 98.3 Å². The molecule has 0 heterocycles. The number of benzene rings is 3. The topological polar surface area (TPSA) is 114 Å². The number of hydrogen-bond acceptors (Lipinski definition) is 6. The number of hydrogen-bond donors (Lipinski definition) is 1. The van der Waals surface area contributed by atoms with Crippen molar-refractivity contribution < 1.29 is 23.6 Å². The van der Waals surface area contributed by atoms with E-state index in [0.717, 1.165) is 11.6 Å². The van der Waals surface area contributed by atoms with Crippen LogP contribution in [0.15, 0.2) is 66.2 Å². The van der Waals surface area contributed by atoms with Gasteiger partial charge in [-0.3, -0.25) is 14.9 Å². The fourth-order valence-electron chi connectivity index (χ4n) is 3.01. The summed E-state index contributed by atoms with van der Waals surface area (Å²) in [4.78, 5) is 23.2. The van der Waals surface area contributed by atoms with Crippen LogP contribution in [-0.2, 0) is 11.4 Å². The number of anilines is 1. The number of amides is 1. The molecule has 0 spiro atoms. The van der Waals surface area contributed by atoms with Crippen LogP contribution in [0.4, 0.5) is 15.8 Å². The van der Waals surface area contributed by atoms with E-state index < -0.39 is 16.5 Å². The number of carbonyl (C=O) groups is 1. The van der Waals surface area contributed by atoms with Crippen LogP contribution >= 0.6 is 11.6 Å². The molecule has 3 aromatic carbocycles. The number of nitriles is 1. The maximum absolute atomic E-state index is 13.1. The SMILES string of the molecule is CCOc1cc(/C=C(\C#N)C(=O)Nc2ccc(Cl)cc2[N+](=O)[O-])ccc1OCc1ccc(F)cc1. The van der Waals surface area contributed by atoms with Gasteiger partial charge in [-0.05, 0) is 60.5 Å². The minimum absolute atomic E-state index is 0.0925. The molecule has 3 rings (SSSR count). The van der Waals surface area contributed by atoms with Crippen molar-refractivity contribution in [2.75, 3.05) is 11.9 Å². The lowest BCUT2D eigenvalue weighted by molar-refractivity contribution is -0.383. The number of ether oxygens (including phenoxy) is 2. The van der Waals surface area contributed by atoms with E-state index in [0.29, 0.717) is 23.7 Å². The molecule has 0 aliphatic carbocycles. The zero-order chi connectivity index (χ0) is 25.4. The first-order valence-electron chi connectivity index (χ1n) is 10.3. The van der Waals surface area contributed by atoms with Gasteiger partial charge in [0.1, 0.15) is 29.8 Å². The van der Waals surface area contributed by atoms with Crippen LogP contribution in [0.5, 0.6) is 11.5 Å². The van der Waals surface area contributed by atoms with Crippen LogP contribution in [0.25, 0.3) is 6.08 Å². The molecule has 1 N–H and O–H groups in total.